The smallest absolute Gasteiger partial charge is 0.286 e. The van der Waals surface area contributed by atoms with Crippen LogP contribution in [0, 0.1) is 0 Å². The number of rotatable bonds is 3. The molecule has 29 heavy (non-hydrogen) atoms. The van der Waals surface area contributed by atoms with Gasteiger partial charge >= 0.3 is 0 Å². The number of amidine groups is 1. The van der Waals surface area contributed by atoms with E-state index >= 15 is 0 Å². The number of hydrogen-bond acceptors (Lipinski definition) is 7. The van der Waals surface area contributed by atoms with E-state index in [4.69, 9.17) is 0 Å². The summed E-state index contributed by atoms with van der Waals surface area (Å²) >= 11 is 1.21. The third kappa shape index (κ3) is 3.26. The Kier molecular flexibility index (Phi) is 4.59. The van der Waals surface area contributed by atoms with E-state index in [-0.39, 0.29) is 27.7 Å². The van der Waals surface area contributed by atoms with Gasteiger partial charge in [-0.3, -0.25) is 4.79 Å². The van der Waals surface area contributed by atoms with Crippen LogP contribution >= 0.6 is 11.3 Å². The molecule has 2 aromatic heterocycles. The van der Waals surface area contributed by atoms with E-state index in [0.29, 0.717) is 10.2 Å². The molecule has 148 valence electrons. The maximum atomic E-state index is 13.2. The Morgan fingerprint density at radius 3 is 2.79 bits per heavy atom. The summed E-state index contributed by atoms with van der Waals surface area (Å²) in [5.74, 6) is -0.581. The summed E-state index contributed by atoms with van der Waals surface area (Å²) in [6, 6.07) is 7.89. The van der Waals surface area contributed by atoms with Crippen LogP contribution in [0.1, 0.15) is 19.4 Å². The van der Waals surface area contributed by atoms with Crippen LogP contribution in [0.2, 0.25) is 0 Å². The minimum atomic E-state index is -4.03. The van der Waals surface area contributed by atoms with Crippen molar-refractivity contribution in [2.24, 2.45) is 9.50 Å². The molecule has 0 saturated carbocycles. The van der Waals surface area contributed by atoms with Gasteiger partial charge in [0.15, 0.2) is 11.6 Å². The lowest BCUT2D eigenvalue weighted by Gasteiger charge is -2.18. The maximum Gasteiger partial charge on any atom is 0.286 e. The van der Waals surface area contributed by atoms with Gasteiger partial charge in [-0.25, -0.2) is 0 Å². The minimum Gasteiger partial charge on any atom is -0.505 e. The normalized spacial score (nSPS) is 15.0. The van der Waals surface area contributed by atoms with Crippen LogP contribution < -0.4 is 10.9 Å². The number of benzene rings is 1. The Hall–Kier alpha value is -3.24. The van der Waals surface area contributed by atoms with E-state index in [0.717, 1.165) is 10.2 Å². The quantitative estimate of drug-likeness (QED) is 0.622. The van der Waals surface area contributed by atoms with E-state index in [1.54, 1.807) is 35.7 Å². The Morgan fingerprint density at radius 1 is 1.28 bits per heavy atom. The summed E-state index contributed by atoms with van der Waals surface area (Å²) in [6.45, 7) is 3.78. The molecule has 4 rings (SSSR count). The van der Waals surface area contributed by atoms with Crippen molar-refractivity contribution < 1.29 is 13.5 Å². The Morgan fingerprint density at radius 2 is 2.03 bits per heavy atom. The van der Waals surface area contributed by atoms with Gasteiger partial charge in [0.2, 0.25) is 0 Å². The fourth-order valence-electron chi connectivity index (χ4n) is 2.88. The van der Waals surface area contributed by atoms with Crippen molar-refractivity contribution in [3.05, 3.63) is 63.3 Å². The van der Waals surface area contributed by atoms with Crippen LogP contribution in [0.3, 0.4) is 0 Å². The third-order valence-electron chi connectivity index (χ3n) is 4.19. The second kappa shape index (κ2) is 6.98. The molecular formula is C19H16N4O4S2. The van der Waals surface area contributed by atoms with Gasteiger partial charge in [0.1, 0.15) is 10.5 Å². The van der Waals surface area contributed by atoms with E-state index in [1.807, 2.05) is 13.8 Å². The first-order valence-corrected chi connectivity index (χ1v) is 10.9. The molecule has 2 N–H and O–H groups in total. The zero-order valence-corrected chi connectivity index (χ0v) is 17.1. The molecule has 1 aliphatic heterocycles. The standard InChI is InChI=1S/C19H16N4O4S2/c1-11(2)7-9-20-23-13-8-10-28-17(13)16(24)15(19(23)25)18-21-12-5-3-4-6-14(12)29(26,27)22-18/h3-10,24H,1-2H3,(H,21,22)/b20-9+. The molecule has 1 aliphatic rings. The lowest BCUT2D eigenvalue weighted by Crippen LogP contribution is -2.31. The zero-order chi connectivity index (χ0) is 20.8. The van der Waals surface area contributed by atoms with Gasteiger partial charge < -0.3 is 10.4 Å². The fraction of sp³-hybridized carbons (Fsp3) is 0.105. The molecule has 3 heterocycles. The zero-order valence-electron chi connectivity index (χ0n) is 15.4. The van der Waals surface area contributed by atoms with Crippen LogP contribution in [-0.4, -0.2) is 30.3 Å². The van der Waals surface area contributed by atoms with Crippen molar-refractivity contribution >= 4 is 49.3 Å². The van der Waals surface area contributed by atoms with Crippen molar-refractivity contribution in [3.8, 4) is 5.75 Å². The number of sulfonamides is 1. The number of anilines is 1. The average molecular weight is 428 g/mol. The highest BCUT2D eigenvalue weighted by molar-refractivity contribution is 7.90. The molecule has 0 spiro atoms. The molecule has 1 aromatic carbocycles. The Balaban J connectivity index is 1.98. The minimum absolute atomic E-state index is 0.00217. The van der Waals surface area contributed by atoms with Crippen LogP contribution in [0.4, 0.5) is 5.69 Å². The maximum absolute atomic E-state index is 13.2. The largest absolute Gasteiger partial charge is 0.505 e. The molecule has 8 nitrogen and oxygen atoms in total. The van der Waals surface area contributed by atoms with Gasteiger partial charge in [-0.2, -0.15) is 18.2 Å². The summed E-state index contributed by atoms with van der Waals surface area (Å²) in [5, 5.41) is 19.5. The molecule has 3 aromatic rings. The summed E-state index contributed by atoms with van der Waals surface area (Å²) in [4.78, 5) is 13.2. The van der Waals surface area contributed by atoms with Crippen LogP contribution in [0.15, 0.2) is 66.6 Å². The molecule has 0 radical (unpaired) electrons. The van der Waals surface area contributed by atoms with Crippen molar-refractivity contribution in [3.63, 3.8) is 0 Å². The summed E-state index contributed by atoms with van der Waals surface area (Å²) in [7, 11) is -4.03. The molecule has 10 heteroatoms. The number of nitrogens with one attached hydrogen (secondary N) is 1. The number of para-hydroxylation sites is 1. The number of aromatic hydroxyl groups is 1. The summed E-state index contributed by atoms with van der Waals surface area (Å²) in [6.07, 6.45) is 3.20. The number of thiophene rings is 1. The number of nitrogens with zero attached hydrogens (tertiary/aromatic N) is 3. The van der Waals surface area contributed by atoms with Crippen LogP contribution in [0.5, 0.6) is 5.75 Å². The second-order valence-electron chi connectivity index (χ2n) is 6.52. The lowest BCUT2D eigenvalue weighted by atomic mass is 10.2. The van der Waals surface area contributed by atoms with Gasteiger partial charge in [0.25, 0.3) is 15.6 Å². The van der Waals surface area contributed by atoms with Crippen molar-refractivity contribution in [2.75, 3.05) is 5.32 Å². The molecule has 0 bridgehead atoms. The molecule has 0 aliphatic carbocycles. The Bertz CT molecular complexity index is 1390. The van der Waals surface area contributed by atoms with E-state index < -0.39 is 15.6 Å². The predicted molar refractivity (Wildman–Crippen MR) is 115 cm³/mol. The third-order valence-corrected chi connectivity index (χ3v) is 6.43. The van der Waals surface area contributed by atoms with Crippen molar-refractivity contribution in [1.29, 1.82) is 0 Å². The highest BCUT2D eigenvalue weighted by Crippen LogP contribution is 2.34. The monoisotopic (exact) mass is 428 g/mol. The number of pyridine rings is 1. The molecule has 0 amide bonds. The number of allylic oxidation sites excluding steroid dienone is 2. The fourth-order valence-corrected chi connectivity index (χ4v) is 4.82. The summed E-state index contributed by atoms with van der Waals surface area (Å²) in [5.41, 5.74) is 0.741. The van der Waals surface area contributed by atoms with E-state index in [2.05, 4.69) is 14.8 Å². The number of aromatic nitrogens is 1. The van der Waals surface area contributed by atoms with Crippen molar-refractivity contribution in [1.82, 2.24) is 4.68 Å². The van der Waals surface area contributed by atoms with Gasteiger partial charge in [-0.15, -0.1) is 15.7 Å². The average Bonchev–Trinajstić information content (AvgIpc) is 3.14. The van der Waals surface area contributed by atoms with Crippen LogP contribution in [-0.2, 0) is 10.0 Å². The van der Waals surface area contributed by atoms with Crippen molar-refractivity contribution in [2.45, 2.75) is 18.7 Å². The van der Waals surface area contributed by atoms with Gasteiger partial charge in [0.05, 0.1) is 15.9 Å². The molecule has 0 saturated heterocycles. The van der Waals surface area contributed by atoms with E-state index in [9.17, 15) is 18.3 Å². The van der Waals surface area contributed by atoms with Gasteiger partial charge in [0, 0.05) is 6.21 Å². The number of hydrogen-bond donors (Lipinski definition) is 2. The van der Waals surface area contributed by atoms with Crippen LogP contribution in [0.25, 0.3) is 10.2 Å². The predicted octanol–water partition coefficient (Wildman–Crippen LogP) is 3.13. The highest BCUT2D eigenvalue weighted by Gasteiger charge is 2.29. The first kappa shape index (κ1) is 19.1. The first-order chi connectivity index (χ1) is 13.8. The number of fused-ring (bicyclic) bond motifs is 2. The van der Waals surface area contributed by atoms with E-state index in [1.165, 1.54) is 23.6 Å². The van der Waals surface area contributed by atoms with Gasteiger partial charge in [-0.05, 0) is 43.5 Å². The SMILES string of the molecule is CC(C)=C/C=N/n1c(=O)c(C2=NS(=O)(=O)c3ccccc3N2)c(O)c2sccc21. The first-order valence-electron chi connectivity index (χ1n) is 8.54. The Labute approximate surface area is 170 Å². The molecule has 0 unspecified atom stereocenters. The molecular weight excluding hydrogens is 412 g/mol. The summed E-state index contributed by atoms with van der Waals surface area (Å²) < 4.78 is 30.4. The topological polar surface area (TPSA) is 113 Å². The highest BCUT2D eigenvalue weighted by atomic mass is 32.2. The lowest BCUT2D eigenvalue weighted by molar-refractivity contribution is 0.479. The molecule has 0 atom stereocenters. The molecule has 0 fully saturated rings. The second-order valence-corrected chi connectivity index (χ2v) is 9.01. The van der Waals surface area contributed by atoms with Gasteiger partial charge in [-0.1, -0.05) is 17.7 Å².